The second-order valence-electron chi connectivity index (χ2n) is 14.5. The molecule has 4 aliphatic rings. The van der Waals surface area contributed by atoms with Gasteiger partial charge in [-0.15, -0.1) is 5.10 Å². The van der Waals surface area contributed by atoms with Gasteiger partial charge >= 0.3 is 0 Å². The molecule has 4 saturated carbocycles. The van der Waals surface area contributed by atoms with Crippen molar-refractivity contribution in [1.82, 2.24) is 15.0 Å². The lowest BCUT2D eigenvalue weighted by molar-refractivity contribution is -0.166. The third-order valence-corrected chi connectivity index (χ3v) is 12.5. The van der Waals surface area contributed by atoms with Crippen molar-refractivity contribution in [2.75, 3.05) is 6.61 Å². The SMILES string of the molecule is CCC(C)CO[C@]1(C)CC[C@@]2(C)[C@H](CC[C@@H]3[C@@H]2CC[C@]2(C)[C@@H](C(=O)Cn4nnc5ccccc54)CC[C@@H]32)C1. The van der Waals surface area contributed by atoms with Crippen molar-refractivity contribution >= 4 is 16.8 Å². The van der Waals surface area contributed by atoms with Crippen LogP contribution in [0, 0.1) is 46.3 Å². The van der Waals surface area contributed by atoms with Crippen LogP contribution in [0.15, 0.2) is 24.3 Å². The van der Waals surface area contributed by atoms with E-state index in [-0.39, 0.29) is 16.9 Å². The summed E-state index contributed by atoms with van der Waals surface area (Å²) in [6.45, 7) is 13.3. The summed E-state index contributed by atoms with van der Waals surface area (Å²) < 4.78 is 8.43. The molecule has 5 heteroatoms. The fourth-order valence-corrected chi connectivity index (χ4v) is 9.83. The number of benzene rings is 1. The van der Waals surface area contributed by atoms with Crippen molar-refractivity contribution < 1.29 is 9.53 Å². The molecule has 4 fully saturated rings. The standard InChI is InChI=1S/C33H49N3O2/c1-6-22(2)21-38-31(3)17-18-32(4)23(19-31)11-12-24-25-13-14-27(33(25,5)16-15-26(24)32)30(37)20-36-29-10-8-7-9-28(29)34-35-36/h7-10,22-27H,6,11-21H2,1-5H3/t22?,23-,24+,25+,26+,27-,31-,32+,33+/m1/s1. The Morgan fingerprint density at radius 3 is 2.63 bits per heavy atom. The number of hydrogen-bond acceptors (Lipinski definition) is 4. The number of Topliss-reactive ketones (excluding diaryl/α,β-unsaturated/α-hetero) is 1. The lowest BCUT2D eigenvalue weighted by Gasteiger charge is -2.62. The fourth-order valence-electron chi connectivity index (χ4n) is 9.83. The van der Waals surface area contributed by atoms with Crippen LogP contribution in [0.1, 0.15) is 98.8 Å². The molecule has 0 amide bonds. The first kappa shape index (κ1) is 26.5. The fraction of sp³-hybridized carbons (Fsp3) is 0.788. The van der Waals surface area contributed by atoms with Crippen LogP contribution in [-0.4, -0.2) is 33.0 Å². The smallest absolute Gasteiger partial charge is 0.157 e. The van der Waals surface area contributed by atoms with E-state index in [0.717, 1.165) is 41.8 Å². The molecule has 1 aromatic carbocycles. The quantitative estimate of drug-likeness (QED) is 0.380. The average molecular weight is 520 g/mol. The Balaban J connectivity index is 1.15. The minimum atomic E-state index is 0.0556. The zero-order valence-corrected chi connectivity index (χ0v) is 24.4. The van der Waals surface area contributed by atoms with Gasteiger partial charge in [0.2, 0.25) is 0 Å². The van der Waals surface area contributed by atoms with Crippen molar-refractivity contribution in [2.45, 2.75) is 111 Å². The molecule has 38 heavy (non-hydrogen) atoms. The summed E-state index contributed by atoms with van der Waals surface area (Å²) in [6, 6.07) is 7.98. The number of para-hydroxylation sites is 1. The normalized spacial score (nSPS) is 41.3. The summed E-state index contributed by atoms with van der Waals surface area (Å²) in [6.07, 6.45) is 12.4. The summed E-state index contributed by atoms with van der Waals surface area (Å²) in [4.78, 5) is 13.8. The first-order valence-corrected chi connectivity index (χ1v) is 15.6. The van der Waals surface area contributed by atoms with Crippen LogP contribution in [0.4, 0.5) is 0 Å². The number of carbonyl (C=O) groups is 1. The maximum atomic E-state index is 13.8. The monoisotopic (exact) mass is 519 g/mol. The summed E-state index contributed by atoms with van der Waals surface area (Å²) in [5.74, 6) is 4.24. The van der Waals surface area contributed by atoms with Crippen molar-refractivity contribution in [3.63, 3.8) is 0 Å². The number of ketones is 1. The molecule has 0 radical (unpaired) electrons. The van der Waals surface area contributed by atoms with Crippen LogP contribution < -0.4 is 0 Å². The third-order valence-electron chi connectivity index (χ3n) is 12.5. The van der Waals surface area contributed by atoms with Crippen LogP contribution in [0.5, 0.6) is 0 Å². The van der Waals surface area contributed by atoms with Gasteiger partial charge in [-0.2, -0.15) is 0 Å². The molecular formula is C33H49N3O2. The van der Waals surface area contributed by atoms with E-state index in [1.807, 2.05) is 28.9 Å². The summed E-state index contributed by atoms with van der Waals surface area (Å²) in [5.41, 5.74) is 2.47. The van der Waals surface area contributed by atoms with E-state index in [1.165, 1.54) is 57.8 Å². The molecule has 9 atom stereocenters. The first-order chi connectivity index (χ1) is 18.2. The van der Waals surface area contributed by atoms with Crippen LogP contribution in [0.25, 0.3) is 11.0 Å². The van der Waals surface area contributed by atoms with Gasteiger partial charge in [0.1, 0.15) is 12.1 Å². The molecule has 5 nitrogen and oxygen atoms in total. The van der Waals surface area contributed by atoms with Crippen molar-refractivity contribution in [3.8, 4) is 0 Å². The molecule has 6 rings (SSSR count). The zero-order valence-electron chi connectivity index (χ0n) is 24.4. The molecule has 0 aliphatic heterocycles. The highest BCUT2D eigenvalue weighted by atomic mass is 16.5. The summed E-state index contributed by atoms with van der Waals surface area (Å²) >= 11 is 0. The number of aromatic nitrogens is 3. The number of rotatable bonds is 7. The van der Waals surface area contributed by atoms with E-state index in [4.69, 9.17) is 4.74 Å². The Morgan fingerprint density at radius 1 is 1.03 bits per heavy atom. The number of nitrogens with zero attached hydrogens (tertiary/aromatic N) is 3. The van der Waals surface area contributed by atoms with Crippen LogP contribution >= 0.6 is 0 Å². The molecule has 1 unspecified atom stereocenters. The van der Waals surface area contributed by atoms with Gasteiger partial charge in [-0.25, -0.2) is 4.68 Å². The lowest BCUT2D eigenvalue weighted by atomic mass is 9.44. The maximum Gasteiger partial charge on any atom is 0.157 e. The molecular weight excluding hydrogens is 470 g/mol. The Kier molecular flexibility index (Phi) is 6.77. The molecule has 0 bridgehead atoms. The van der Waals surface area contributed by atoms with E-state index in [0.29, 0.717) is 29.6 Å². The molecule has 2 aromatic rings. The van der Waals surface area contributed by atoms with Gasteiger partial charge in [0, 0.05) is 12.5 Å². The average Bonchev–Trinajstić information content (AvgIpc) is 3.48. The first-order valence-electron chi connectivity index (χ1n) is 15.6. The molecule has 208 valence electrons. The second-order valence-corrected chi connectivity index (χ2v) is 14.5. The van der Waals surface area contributed by atoms with Gasteiger partial charge in [-0.3, -0.25) is 4.79 Å². The predicted molar refractivity (Wildman–Crippen MR) is 152 cm³/mol. The highest BCUT2D eigenvalue weighted by Gasteiger charge is 2.62. The molecule has 1 heterocycles. The summed E-state index contributed by atoms with van der Waals surface area (Å²) in [7, 11) is 0. The molecule has 1 aromatic heterocycles. The second kappa shape index (κ2) is 9.71. The van der Waals surface area contributed by atoms with E-state index < -0.39 is 0 Å². The van der Waals surface area contributed by atoms with Crippen molar-refractivity contribution in [1.29, 1.82) is 0 Å². The number of carbonyl (C=O) groups excluding carboxylic acids is 1. The van der Waals surface area contributed by atoms with Crippen LogP contribution in [0.2, 0.25) is 0 Å². The van der Waals surface area contributed by atoms with Crippen molar-refractivity contribution in [2.24, 2.45) is 46.3 Å². The Hall–Kier alpha value is -1.75. The molecule has 0 N–H and O–H groups in total. The van der Waals surface area contributed by atoms with E-state index in [2.05, 4.69) is 44.9 Å². The highest BCUT2D eigenvalue weighted by molar-refractivity contribution is 5.84. The summed E-state index contributed by atoms with van der Waals surface area (Å²) in [5, 5.41) is 8.61. The highest BCUT2D eigenvalue weighted by Crippen LogP contribution is 2.68. The van der Waals surface area contributed by atoms with Gasteiger partial charge < -0.3 is 4.74 Å². The Labute approximate surface area is 229 Å². The number of hydrogen-bond donors (Lipinski definition) is 0. The van der Waals surface area contributed by atoms with Crippen LogP contribution in [0.3, 0.4) is 0 Å². The Bertz CT molecular complexity index is 1180. The Morgan fingerprint density at radius 2 is 1.82 bits per heavy atom. The third kappa shape index (κ3) is 4.26. The lowest BCUT2D eigenvalue weighted by Crippen LogP contribution is -2.56. The predicted octanol–water partition coefficient (Wildman–Crippen LogP) is 7.48. The largest absolute Gasteiger partial charge is 0.375 e. The topological polar surface area (TPSA) is 57.0 Å². The number of fused-ring (bicyclic) bond motifs is 6. The van der Waals surface area contributed by atoms with E-state index in [9.17, 15) is 4.79 Å². The van der Waals surface area contributed by atoms with Gasteiger partial charge in [0.25, 0.3) is 0 Å². The van der Waals surface area contributed by atoms with Crippen LogP contribution in [-0.2, 0) is 16.1 Å². The van der Waals surface area contributed by atoms with Gasteiger partial charge in [0.15, 0.2) is 5.78 Å². The van der Waals surface area contributed by atoms with Crippen molar-refractivity contribution in [3.05, 3.63) is 24.3 Å². The zero-order chi connectivity index (χ0) is 26.7. The van der Waals surface area contributed by atoms with E-state index in [1.54, 1.807) is 0 Å². The van der Waals surface area contributed by atoms with E-state index >= 15 is 0 Å². The van der Waals surface area contributed by atoms with Gasteiger partial charge in [-0.1, -0.05) is 51.5 Å². The van der Waals surface area contributed by atoms with Gasteiger partial charge in [0.05, 0.1) is 11.1 Å². The maximum absolute atomic E-state index is 13.8. The van der Waals surface area contributed by atoms with Gasteiger partial charge in [-0.05, 0) is 117 Å². The molecule has 0 saturated heterocycles. The molecule has 0 spiro atoms. The molecule has 4 aliphatic carbocycles. The number of ether oxygens (including phenoxy) is 1. The minimum absolute atomic E-state index is 0.0556. The minimum Gasteiger partial charge on any atom is -0.375 e.